The molecule has 0 aliphatic heterocycles. The second-order valence-electron chi connectivity index (χ2n) is 5.73. The van der Waals surface area contributed by atoms with Gasteiger partial charge in [-0.2, -0.15) is 13.2 Å². The van der Waals surface area contributed by atoms with Gasteiger partial charge in [0.2, 0.25) is 0 Å². The highest BCUT2D eigenvalue weighted by Crippen LogP contribution is 2.61. The fourth-order valence-corrected chi connectivity index (χ4v) is 3.65. The van der Waals surface area contributed by atoms with E-state index < -0.39 is 18.7 Å². The van der Waals surface area contributed by atoms with E-state index in [9.17, 15) is 18.3 Å². The van der Waals surface area contributed by atoms with Crippen LogP contribution in [0, 0.1) is 11.8 Å². The van der Waals surface area contributed by atoms with Gasteiger partial charge in [0.15, 0.2) is 0 Å². The third-order valence-electron chi connectivity index (χ3n) is 4.56. The molecule has 0 bridgehead atoms. The Balaban J connectivity index is 1.67. The highest BCUT2D eigenvalue weighted by atomic mass is 19.4. The maximum absolute atomic E-state index is 12.2. The molecule has 3 rings (SSSR count). The quantitative estimate of drug-likeness (QED) is 0.888. The summed E-state index contributed by atoms with van der Waals surface area (Å²) in [6.07, 6.45) is -4.05. The first kappa shape index (κ1) is 13.0. The summed E-state index contributed by atoms with van der Waals surface area (Å²) in [6, 6.07) is 8.11. The van der Waals surface area contributed by atoms with Crippen molar-refractivity contribution >= 4 is 0 Å². The average molecular weight is 270 g/mol. The largest absolute Gasteiger partial charge is 0.393 e. The van der Waals surface area contributed by atoms with Crippen LogP contribution >= 0.6 is 0 Å². The first-order valence-electron chi connectivity index (χ1n) is 6.80. The van der Waals surface area contributed by atoms with E-state index in [4.69, 9.17) is 0 Å². The standard InChI is InChI=1S/C15H17F3O/c16-15(17,18)8-7-12(19)14-11-6-5-9-3-1-2-4-10(9)13(11)14/h1-4,11-14,19H,5-8H2. The lowest BCUT2D eigenvalue weighted by atomic mass is 9.92. The number of benzene rings is 1. The van der Waals surface area contributed by atoms with Crippen LogP contribution in [0.2, 0.25) is 0 Å². The van der Waals surface area contributed by atoms with Crippen LogP contribution in [0.3, 0.4) is 0 Å². The molecule has 1 nitrogen and oxygen atoms in total. The number of hydrogen-bond acceptors (Lipinski definition) is 1. The van der Waals surface area contributed by atoms with Gasteiger partial charge in [0, 0.05) is 6.42 Å². The van der Waals surface area contributed by atoms with Gasteiger partial charge in [0.05, 0.1) is 6.10 Å². The number of fused-ring (bicyclic) bond motifs is 3. The molecule has 0 aromatic heterocycles. The first-order chi connectivity index (χ1) is 8.97. The first-order valence-corrected chi connectivity index (χ1v) is 6.80. The fourth-order valence-electron chi connectivity index (χ4n) is 3.65. The number of rotatable bonds is 3. The third kappa shape index (κ3) is 2.50. The van der Waals surface area contributed by atoms with Gasteiger partial charge < -0.3 is 5.11 Å². The molecular formula is C15H17F3O. The van der Waals surface area contributed by atoms with Crippen molar-refractivity contribution in [1.82, 2.24) is 0 Å². The molecule has 4 unspecified atom stereocenters. The molecule has 1 N–H and O–H groups in total. The van der Waals surface area contributed by atoms with E-state index in [0.717, 1.165) is 12.8 Å². The number of aryl methyl sites for hydroxylation is 1. The Labute approximate surface area is 110 Å². The molecule has 0 saturated heterocycles. The molecule has 0 amide bonds. The summed E-state index contributed by atoms with van der Waals surface area (Å²) in [5, 5.41) is 10.0. The molecule has 0 spiro atoms. The summed E-state index contributed by atoms with van der Waals surface area (Å²) < 4.78 is 36.6. The van der Waals surface area contributed by atoms with Gasteiger partial charge in [-0.05, 0) is 48.1 Å². The maximum Gasteiger partial charge on any atom is 0.389 e. The van der Waals surface area contributed by atoms with Crippen LogP contribution in [-0.2, 0) is 6.42 Å². The van der Waals surface area contributed by atoms with Crippen LogP contribution < -0.4 is 0 Å². The molecule has 1 aromatic carbocycles. The van der Waals surface area contributed by atoms with Crippen LogP contribution in [0.5, 0.6) is 0 Å². The zero-order valence-corrected chi connectivity index (χ0v) is 10.5. The molecule has 1 aromatic rings. The molecule has 4 atom stereocenters. The smallest absolute Gasteiger partial charge is 0.389 e. The predicted molar refractivity (Wildman–Crippen MR) is 65.8 cm³/mol. The lowest BCUT2D eigenvalue weighted by molar-refractivity contribution is -0.140. The second kappa shape index (κ2) is 4.51. The van der Waals surface area contributed by atoms with Gasteiger partial charge >= 0.3 is 6.18 Å². The summed E-state index contributed by atoms with van der Waals surface area (Å²) in [6.45, 7) is 0. The Kier molecular flexibility index (Phi) is 3.08. The van der Waals surface area contributed by atoms with E-state index >= 15 is 0 Å². The topological polar surface area (TPSA) is 20.2 Å². The van der Waals surface area contributed by atoms with E-state index in [1.807, 2.05) is 12.1 Å². The minimum Gasteiger partial charge on any atom is -0.393 e. The van der Waals surface area contributed by atoms with Crippen LogP contribution in [0.1, 0.15) is 36.3 Å². The Morgan fingerprint density at radius 3 is 2.74 bits per heavy atom. The summed E-state index contributed by atoms with van der Waals surface area (Å²) in [5.74, 6) is 0.706. The van der Waals surface area contributed by atoms with E-state index in [0.29, 0.717) is 5.92 Å². The molecule has 1 fully saturated rings. The van der Waals surface area contributed by atoms with Crippen molar-refractivity contribution < 1.29 is 18.3 Å². The monoisotopic (exact) mass is 270 g/mol. The van der Waals surface area contributed by atoms with Crippen molar-refractivity contribution in [2.24, 2.45) is 11.8 Å². The van der Waals surface area contributed by atoms with E-state index in [-0.39, 0.29) is 18.3 Å². The van der Waals surface area contributed by atoms with Crippen LogP contribution in [0.4, 0.5) is 13.2 Å². The Morgan fingerprint density at radius 2 is 2.00 bits per heavy atom. The molecule has 19 heavy (non-hydrogen) atoms. The molecule has 0 heterocycles. The van der Waals surface area contributed by atoms with Crippen LogP contribution in [0.15, 0.2) is 24.3 Å². The molecule has 0 radical (unpaired) electrons. The highest BCUT2D eigenvalue weighted by Gasteiger charge is 2.56. The zero-order valence-electron chi connectivity index (χ0n) is 10.5. The number of alkyl halides is 3. The van der Waals surface area contributed by atoms with E-state index in [1.165, 1.54) is 11.1 Å². The van der Waals surface area contributed by atoms with Crippen molar-refractivity contribution in [1.29, 1.82) is 0 Å². The summed E-state index contributed by atoms with van der Waals surface area (Å²) >= 11 is 0. The number of hydrogen-bond donors (Lipinski definition) is 1. The Hall–Kier alpha value is -1.03. The summed E-state index contributed by atoms with van der Waals surface area (Å²) in [7, 11) is 0. The van der Waals surface area contributed by atoms with Gasteiger partial charge in [0.25, 0.3) is 0 Å². The Morgan fingerprint density at radius 1 is 1.26 bits per heavy atom. The van der Waals surface area contributed by atoms with E-state index in [1.54, 1.807) is 0 Å². The van der Waals surface area contributed by atoms with Gasteiger partial charge in [-0.3, -0.25) is 0 Å². The predicted octanol–water partition coefficient (Wildman–Crippen LogP) is 3.67. The molecule has 1 saturated carbocycles. The maximum atomic E-state index is 12.2. The van der Waals surface area contributed by atoms with Crippen molar-refractivity contribution in [2.45, 2.75) is 43.9 Å². The highest BCUT2D eigenvalue weighted by molar-refractivity contribution is 5.39. The molecule has 2 aliphatic carbocycles. The van der Waals surface area contributed by atoms with Crippen LogP contribution in [0.25, 0.3) is 0 Å². The van der Waals surface area contributed by atoms with Crippen molar-refractivity contribution in [3.05, 3.63) is 35.4 Å². The summed E-state index contributed by atoms with van der Waals surface area (Å²) in [5.41, 5.74) is 2.55. The van der Waals surface area contributed by atoms with Crippen molar-refractivity contribution in [3.8, 4) is 0 Å². The summed E-state index contributed by atoms with van der Waals surface area (Å²) in [4.78, 5) is 0. The zero-order chi connectivity index (χ0) is 13.6. The van der Waals surface area contributed by atoms with Gasteiger partial charge in [-0.15, -0.1) is 0 Å². The number of aliphatic hydroxyl groups excluding tert-OH is 1. The second-order valence-corrected chi connectivity index (χ2v) is 5.73. The number of halogens is 3. The molecular weight excluding hydrogens is 253 g/mol. The average Bonchev–Trinajstić information content (AvgIpc) is 3.10. The SMILES string of the molecule is OC(CCC(F)(F)F)C1C2CCc3ccccc3C21. The molecule has 104 valence electrons. The van der Waals surface area contributed by atoms with Crippen molar-refractivity contribution in [2.75, 3.05) is 0 Å². The molecule has 2 aliphatic rings. The Bertz CT molecular complexity index is 469. The lowest BCUT2D eigenvalue weighted by Crippen LogP contribution is -2.17. The van der Waals surface area contributed by atoms with Crippen LogP contribution in [-0.4, -0.2) is 17.4 Å². The lowest BCUT2D eigenvalue weighted by Gasteiger charge is -2.13. The van der Waals surface area contributed by atoms with Gasteiger partial charge in [0.1, 0.15) is 0 Å². The van der Waals surface area contributed by atoms with Gasteiger partial charge in [-0.1, -0.05) is 24.3 Å². The minimum absolute atomic E-state index is 0.0333. The number of aliphatic hydroxyl groups is 1. The third-order valence-corrected chi connectivity index (χ3v) is 4.56. The molecule has 4 heteroatoms. The minimum atomic E-state index is -4.17. The van der Waals surface area contributed by atoms with Crippen molar-refractivity contribution in [3.63, 3.8) is 0 Å². The fraction of sp³-hybridized carbons (Fsp3) is 0.600. The van der Waals surface area contributed by atoms with E-state index in [2.05, 4.69) is 12.1 Å². The van der Waals surface area contributed by atoms with Gasteiger partial charge in [-0.25, -0.2) is 0 Å². The normalized spacial score (nSPS) is 30.4.